The fourth-order valence-electron chi connectivity index (χ4n) is 1.42. The van der Waals surface area contributed by atoms with E-state index in [1.165, 1.54) is 13.2 Å². The number of carbonyl (C=O) groups is 1. The van der Waals surface area contributed by atoms with Gasteiger partial charge in [-0.25, -0.2) is 0 Å². The van der Waals surface area contributed by atoms with Gasteiger partial charge in [-0.3, -0.25) is 4.79 Å². The first-order chi connectivity index (χ1) is 7.45. The fourth-order valence-corrected chi connectivity index (χ4v) is 1.42. The fraction of sp³-hybridized carbons (Fsp3) is 0.364. The van der Waals surface area contributed by atoms with Crippen LogP contribution in [0.4, 0.5) is 0 Å². The van der Waals surface area contributed by atoms with Gasteiger partial charge in [0.05, 0.1) is 7.11 Å². The maximum Gasteiger partial charge on any atom is 0.320 e. The van der Waals surface area contributed by atoms with Crippen molar-refractivity contribution in [1.29, 1.82) is 0 Å². The highest BCUT2D eigenvalue weighted by molar-refractivity contribution is 5.73. The molecule has 0 amide bonds. The standard InChI is InChI=1S/C11H15NO4/c1-6-3-9(13)7(5-10(6)16-2)4-8(12)11(14)15/h3,5,8,13H,4,12H2,1-2H3,(H,14,15). The summed E-state index contributed by atoms with van der Waals surface area (Å²) >= 11 is 0. The number of phenolic OH excluding ortho intramolecular Hbond substituents is 1. The van der Waals surface area contributed by atoms with Gasteiger partial charge < -0.3 is 20.7 Å². The third kappa shape index (κ3) is 2.64. The Kier molecular flexibility index (Phi) is 3.73. The van der Waals surface area contributed by atoms with Crippen molar-refractivity contribution < 1.29 is 19.7 Å². The summed E-state index contributed by atoms with van der Waals surface area (Å²) < 4.78 is 5.08. The minimum atomic E-state index is -1.10. The second kappa shape index (κ2) is 4.85. The molecule has 0 aliphatic carbocycles. The smallest absolute Gasteiger partial charge is 0.320 e. The summed E-state index contributed by atoms with van der Waals surface area (Å²) in [5.74, 6) is -0.459. The third-order valence-electron chi connectivity index (χ3n) is 2.35. The van der Waals surface area contributed by atoms with Gasteiger partial charge in [-0.2, -0.15) is 0 Å². The SMILES string of the molecule is COc1cc(CC(N)C(=O)O)c(O)cc1C. The first-order valence-electron chi connectivity index (χ1n) is 4.80. The van der Waals surface area contributed by atoms with Crippen molar-refractivity contribution in [3.8, 4) is 11.5 Å². The number of ether oxygens (including phenoxy) is 1. The molecule has 16 heavy (non-hydrogen) atoms. The Morgan fingerprint density at radius 2 is 2.19 bits per heavy atom. The molecule has 0 aliphatic rings. The summed E-state index contributed by atoms with van der Waals surface area (Å²) in [4.78, 5) is 10.6. The van der Waals surface area contributed by atoms with Crippen LogP contribution in [0.1, 0.15) is 11.1 Å². The predicted molar refractivity (Wildman–Crippen MR) is 58.7 cm³/mol. The van der Waals surface area contributed by atoms with Crippen LogP contribution in [0, 0.1) is 6.92 Å². The van der Waals surface area contributed by atoms with Crippen LogP contribution in [0.5, 0.6) is 11.5 Å². The van der Waals surface area contributed by atoms with E-state index in [0.717, 1.165) is 5.56 Å². The minimum Gasteiger partial charge on any atom is -0.508 e. The van der Waals surface area contributed by atoms with Crippen molar-refractivity contribution in [3.63, 3.8) is 0 Å². The summed E-state index contributed by atoms with van der Waals surface area (Å²) in [6, 6.07) is 2.11. The van der Waals surface area contributed by atoms with Crippen molar-refractivity contribution in [2.75, 3.05) is 7.11 Å². The number of rotatable bonds is 4. The first-order valence-corrected chi connectivity index (χ1v) is 4.80. The van der Waals surface area contributed by atoms with Crippen LogP contribution in [0.15, 0.2) is 12.1 Å². The lowest BCUT2D eigenvalue weighted by atomic mass is 10.0. The van der Waals surface area contributed by atoms with Crippen molar-refractivity contribution in [2.45, 2.75) is 19.4 Å². The zero-order valence-corrected chi connectivity index (χ0v) is 9.23. The van der Waals surface area contributed by atoms with E-state index < -0.39 is 12.0 Å². The van der Waals surface area contributed by atoms with Crippen LogP contribution in [0.3, 0.4) is 0 Å². The van der Waals surface area contributed by atoms with Crippen LogP contribution in [-0.2, 0) is 11.2 Å². The summed E-state index contributed by atoms with van der Waals surface area (Å²) in [6.45, 7) is 1.79. The molecule has 88 valence electrons. The number of methoxy groups -OCH3 is 1. The monoisotopic (exact) mass is 225 g/mol. The molecular formula is C11H15NO4. The maximum atomic E-state index is 10.6. The first kappa shape index (κ1) is 12.3. The van der Waals surface area contributed by atoms with Crippen molar-refractivity contribution >= 4 is 5.97 Å². The molecule has 0 fully saturated rings. The molecule has 0 aromatic heterocycles. The highest BCUT2D eigenvalue weighted by Crippen LogP contribution is 2.28. The Morgan fingerprint density at radius 1 is 1.56 bits per heavy atom. The molecule has 0 spiro atoms. The van der Waals surface area contributed by atoms with Crippen LogP contribution >= 0.6 is 0 Å². The van der Waals surface area contributed by atoms with Gasteiger partial charge in [0, 0.05) is 6.42 Å². The number of aliphatic carboxylic acids is 1. The topological polar surface area (TPSA) is 92.8 Å². The number of carboxylic acid groups (broad SMARTS) is 1. The Labute approximate surface area is 93.5 Å². The number of nitrogens with two attached hydrogens (primary N) is 1. The van der Waals surface area contributed by atoms with E-state index in [9.17, 15) is 9.90 Å². The minimum absolute atomic E-state index is 0.0370. The van der Waals surface area contributed by atoms with Crippen molar-refractivity contribution in [2.24, 2.45) is 5.73 Å². The van der Waals surface area contributed by atoms with Crippen molar-refractivity contribution in [3.05, 3.63) is 23.3 Å². The molecule has 0 heterocycles. The van der Waals surface area contributed by atoms with Gasteiger partial charge in [0.1, 0.15) is 17.5 Å². The maximum absolute atomic E-state index is 10.6. The van der Waals surface area contributed by atoms with Gasteiger partial charge in [0.25, 0.3) is 0 Å². The van der Waals surface area contributed by atoms with Gasteiger partial charge in [0.2, 0.25) is 0 Å². The lowest BCUT2D eigenvalue weighted by molar-refractivity contribution is -0.138. The molecule has 5 nitrogen and oxygen atoms in total. The number of aromatic hydroxyl groups is 1. The Bertz CT molecular complexity index is 403. The lowest BCUT2D eigenvalue weighted by Gasteiger charge is -2.12. The normalized spacial score (nSPS) is 12.2. The Balaban J connectivity index is 3.00. The predicted octanol–water partition coefficient (Wildman–Crippen LogP) is 0.664. The number of aryl methyl sites for hydroxylation is 1. The molecule has 1 rings (SSSR count). The van der Waals surface area contributed by atoms with E-state index in [0.29, 0.717) is 11.3 Å². The molecule has 5 heteroatoms. The highest BCUT2D eigenvalue weighted by Gasteiger charge is 2.16. The molecule has 1 aromatic carbocycles. The molecule has 1 unspecified atom stereocenters. The second-order valence-electron chi connectivity index (χ2n) is 3.60. The quantitative estimate of drug-likeness (QED) is 0.700. The van der Waals surface area contributed by atoms with E-state index in [-0.39, 0.29) is 12.2 Å². The summed E-state index contributed by atoms with van der Waals surface area (Å²) in [7, 11) is 1.51. The highest BCUT2D eigenvalue weighted by atomic mass is 16.5. The van der Waals surface area contributed by atoms with E-state index in [1.807, 2.05) is 0 Å². The Morgan fingerprint density at radius 3 is 2.69 bits per heavy atom. The molecule has 1 atom stereocenters. The average Bonchev–Trinajstić information content (AvgIpc) is 2.21. The molecule has 0 radical (unpaired) electrons. The number of carboxylic acids is 1. The van der Waals surface area contributed by atoms with E-state index in [2.05, 4.69) is 0 Å². The average molecular weight is 225 g/mol. The number of phenols is 1. The van der Waals surface area contributed by atoms with E-state index in [1.54, 1.807) is 13.0 Å². The number of benzene rings is 1. The molecule has 4 N–H and O–H groups in total. The molecule has 0 saturated carbocycles. The van der Waals surface area contributed by atoms with Crippen LogP contribution in [0.2, 0.25) is 0 Å². The Hall–Kier alpha value is -1.75. The largest absolute Gasteiger partial charge is 0.508 e. The van der Waals surface area contributed by atoms with Crippen molar-refractivity contribution in [1.82, 2.24) is 0 Å². The zero-order valence-electron chi connectivity index (χ0n) is 9.23. The van der Waals surface area contributed by atoms with Crippen LogP contribution in [-0.4, -0.2) is 29.3 Å². The molecular weight excluding hydrogens is 210 g/mol. The second-order valence-corrected chi connectivity index (χ2v) is 3.60. The number of hydrogen-bond donors (Lipinski definition) is 3. The molecule has 0 bridgehead atoms. The summed E-state index contributed by atoms with van der Waals surface area (Å²) in [5, 5.41) is 18.3. The third-order valence-corrected chi connectivity index (χ3v) is 2.35. The molecule has 1 aromatic rings. The molecule has 0 saturated heterocycles. The van der Waals surface area contributed by atoms with Crippen LogP contribution in [0.25, 0.3) is 0 Å². The summed E-state index contributed by atoms with van der Waals surface area (Å²) in [5.41, 5.74) is 6.65. The molecule has 0 aliphatic heterocycles. The van der Waals surface area contributed by atoms with Gasteiger partial charge in [-0.1, -0.05) is 0 Å². The summed E-state index contributed by atoms with van der Waals surface area (Å²) in [6.07, 6.45) is 0.0673. The van der Waals surface area contributed by atoms with Gasteiger partial charge in [-0.15, -0.1) is 0 Å². The number of hydrogen-bond acceptors (Lipinski definition) is 4. The zero-order chi connectivity index (χ0) is 12.3. The van der Waals surface area contributed by atoms with E-state index in [4.69, 9.17) is 15.6 Å². The lowest BCUT2D eigenvalue weighted by Crippen LogP contribution is -2.32. The van der Waals surface area contributed by atoms with Gasteiger partial charge >= 0.3 is 5.97 Å². The van der Waals surface area contributed by atoms with Gasteiger partial charge in [-0.05, 0) is 30.2 Å². The van der Waals surface area contributed by atoms with Crippen LogP contribution < -0.4 is 10.5 Å². The van der Waals surface area contributed by atoms with Gasteiger partial charge in [0.15, 0.2) is 0 Å². The van der Waals surface area contributed by atoms with E-state index >= 15 is 0 Å².